The monoisotopic (exact) mass is 301 g/mol. The first kappa shape index (κ1) is 15.2. The van der Waals surface area contributed by atoms with Crippen molar-refractivity contribution in [3.05, 3.63) is 29.8 Å². The summed E-state index contributed by atoms with van der Waals surface area (Å²) in [4.78, 5) is 4.50. The molecule has 2 aliphatic rings. The lowest BCUT2D eigenvalue weighted by Gasteiger charge is -2.27. The number of hydrogen-bond acceptors (Lipinski definition) is 2. The molecule has 0 amide bonds. The van der Waals surface area contributed by atoms with Gasteiger partial charge in [-0.25, -0.2) is 4.99 Å². The largest absolute Gasteiger partial charge is 0.490 e. The third-order valence-corrected chi connectivity index (χ3v) is 4.70. The minimum Gasteiger partial charge on any atom is -0.490 e. The fourth-order valence-corrected chi connectivity index (χ4v) is 3.09. The second kappa shape index (κ2) is 7.52. The molecule has 4 nitrogen and oxygen atoms in total. The normalized spacial score (nSPS) is 20.5. The van der Waals surface area contributed by atoms with Gasteiger partial charge >= 0.3 is 0 Å². The van der Waals surface area contributed by atoms with Crippen LogP contribution in [0.3, 0.4) is 0 Å². The minimum absolute atomic E-state index is 0.392. The van der Waals surface area contributed by atoms with Crippen LogP contribution in [0.2, 0.25) is 0 Å². The highest BCUT2D eigenvalue weighted by Gasteiger charge is 2.20. The van der Waals surface area contributed by atoms with E-state index in [2.05, 4.69) is 16.4 Å². The molecule has 0 bridgehead atoms. The van der Waals surface area contributed by atoms with Gasteiger partial charge in [0.2, 0.25) is 0 Å². The van der Waals surface area contributed by atoms with Crippen LogP contribution in [0.5, 0.6) is 5.75 Å². The van der Waals surface area contributed by atoms with Crippen LogP contribution in [-0.4, -0.2) is 18.1 Å². The van der Waals surface area contributed by atoms with Crippen molar-refractivity contribution in [3.8, 4) is 5.75 Å². The molecule has 0 aliphatic heterocycles. The summed E-state index contributed by atoms with van der Waals surface area (Å²) in [5.41, 5.74) is 7.15. The van der Waals surface area contributed by atoms with Crippen molar-refractivity contribution < 1.29 is 4.74 Å². The average Bonchev–Trinajstić information content (AvgIpc) is 2.51. The van der Waals surface area contributed by atoms with Gasteiger partial charge < -0.3 is 15.8 Å². The van der Waals surface area contributed by atoms with Gasteiger partial charge in [0.15, 0.2) is 5.96 Å². The second-order valence-corrected chi connectivity index (χ2v) is 6.46. The lowest BCUT2D eigenvalue weighted by molar-refractivity contribution is 0.119. The molecule has 0 radical (unpaired) electrons. The highest BCUT2D eigenvalue weighted by Crippen LogP contribution is 2.27. The van der Waals surface area contributed by atoms with E-state index in [-0.39, 0.29) is 0 Å². The van der Waals surface area contributed by atoms with Crippen LogP contribution in [0.4, 0.5) is 0 Å². The van der Waals surface area contributed by atoms with E-state index in [9.17, 15) is 0 Å². The van der Waals surface area contributed by atoms with E-state index in [1.165, 1.54) is 51.4 Å². The fourth-order valence-electron chi connectivity index (χ4n) is 3.09. The number of benzene rings is 1. The number of nitrogens with zero attached hydrogens (tertiary/aromatic N) is 1. The molecule has 4 heteroatoms. The van der Waals surface area contributed by atoms with E-state index in [4.69, 9.17) is 10.5 Å². The Morgan fingerprint density at radius 2 is 1.86 bits per heavy atom. The predicted octanol–water partition coefficient (Wildman–Crippen LogP) is 3.35. The summed E-state index contributed by atoms with van der Waals surface area (Å²) in [6.45, 7) is 0.578. The molecule has 0 saturated heterocycles. The Hall–Kier alpha value is -1.71. The summed E-state index contributed by atoms with van der Waals surface area (Å²) in [7, 11) is 0. The molecule has 2 saturated carbocycles. The summed E-state index contributed by atoms with van der Waals surface area (Å²) < 4.78 is 6.03. The third kappa shape index (κ3) is 4.15. The molecule has 0 atom stereocenters. The summed E-state index contributed by atoms with van der Waals surface area (Å²) >= 11 is 0. The van der Waals surface area contributed by atoms with Crippen LogP contribution in [0.25, 0.3) is 0 Å². The number of aliphatic imine (C=N–C) groups is 1. The maximum atomic E-state index is 6.04. The number of nitrogens with two attached hydrogens (primary N) is 1. The number of ether oxygens (including phenoxy) is 1. The Bertz CT molecular complexity index is 505. The number of rotatable bonds is 5. The smallest absolute Gasteiger partial charge is 0.189 e. The standard InChI is InChI=1S/C18H27N3O/c19-18(21-15-8-2-1-3-9-15)20-13-14-7-4-5-12-17(14)22-16-10-6-11-16/h4-5,7,12,15-16H,1-3,6,8-11,13H2,(H3,19,20,21). The zero-order chi connectivity index (χ0) is 15.2. The predicted molar refractivity (Wildman–Crippen MR) is 90.0 cm³/mol. The van der Waals surface area contributed by atoms with Crippen LogP contribution in [0, 0.1) is 0 Å². The Kier molecular flexibility index (Phi) is 5.20. The molecule has 3 N–H and O–H groups in total. The molecule has 2 aliphatic carbocycles. The Morgan fingerprint density at radius 1 is 1.09 bits per heavy atom. The minimum atomic E-state index is 0.392. The first-order valence-electron chi connectivity index (χ1n) is 8.62. The van der Waals surface area contributed by atoms with Crippen molar-refractivity contribution in [2.45, 2.75) is 70.1 Å². The molecule has 0 unspecified atom stereocenters. The quantitative estimate of drug-likeness (QED) is 0.647. The summed E-state index contributed by atoms with van der Waals surface area (Å²) in [6.07, 6.45) is 10.4. The van der Waals surface area contributed by atoms with Gasteiger partial charge in [-0.1, -0.05) is 37.5 Å². The Balaban J connectivity index is 1.56. The number of guanidine groups is 1. The van der Waals surface area contributed by atoms with E-state index in [0.717, 1.165) is 11.3 Å². The van der Waals surface area contributed by atoms with Crippen molar-refractivity contribution in [2.24, 2.45) is 10.7 Å². The van der Waals surface area contributed by atoms with E-state index < -0.39 is 0 Å². The van der Waals surface area contributed by atoms with Crippen LogP contribution < -0.4 is 15.8 Å². The van der Waals surface area contributed by atoms with Crippen LogP contribution in [-0.2, 0) is 6.54 Å². The number of hydrogen-bond donors (Lipinski definition) is 2. The van der Waals surface area contributed by atoms with E-state index in [0.29, 0.717) is 24.7 Å². The molecule has 0 aromatic heterocycles. The maximum Gasteiger partial charge on any atom is 0.189 e. The molecule has 22 heavy (non-hydrogen) atoms. The maximum absolute atomic E-state index is 6.04. The fraction of sp³-hybridized carbons (Fsp3) is 0.611. The summed E-state index contributed by atoms with van der Waals surface area (Å²) in [5.74, 6) is 1.52. The van der Waals surface area contributed by atoms with Gasteiger partial charge in [-0.15, -0.1) is 0 Å². The highest BCUT2D eigenvalue weighted by atomic mass is 16.5. The van der Waals surface area contributed by atoms with Gasteiger partial charge in [0, 0.05) is 11.6 Å². The third-order valence-electron chi connectivity index (χ3n) is 4.70. The van der Waals surface area contributed by atoms with Gasteiger partial charge in [-0.3, -0.25) is 0 Å². The molecule has 2 fully saturated rings. The van der Waals surface area contributed by atoms with Gasteiger partial charge in [0.1, 0.15) is 5.75 Å². The van der Waals surface area contributed by atoms with E-state index in [1.54, 1.807) is 0 Å². The van der Waals surface area contributed by atoms with Crippen LogP contribution in [0.15, 0.2) is 29.3 Å². The molecule has 1 aromatic rings. The highest BCUT2D eigenvalue weighted by molar-refractivity contribution is 5.78. The van der Waals surface area contributed by atoms with Gasteiger partial charge in [0.25, 0.3) is 0 Å². The SMILES string of the molecule is NC(=NCc1ccccc1OC1CCC1)NC1CCCCC1. The average molecular weight is 301 g/mol. The van der Waals surface area contributed by atoms with E-state index >= 15 is 0 Å². The molecule has 0 spiro atoms. The van der Waals surface area contributed by atoms with Gasteiger partial charge in [-0.2, -0.15) is 0 Å². The first-order chi connectivity index (χ1) is 10.8. The van der Waals surface area contributed by atoms with Gasteiger partial charge in [-0.05, 0) is 38.2 Å². The molecular weight excluding hydrogens is 274 g/mol. The first-order valence-corrected chi connectivity index (χ1v) is 8.62. The van der Waals surface area contributed by atoms with Crippen molar-refractivity contribution >= 4 is 5.96 Å². The Morgan fingerprint density at radius 3 is 2.59 bits per heavy atom. The van der Waals surface area contributed by atoms with Crippen molar-refractivity contribution in [1.82, 2.24) is 5.32 Å². The molecule has 0 heterocycles. The molecule has 3 rings (SSSR count). The molecule has 1 aromatic carbocycles. The lowest BCUT2D eigenvalue weighted by atomic mass is 9.96. The summed E-state index contributed by atoms with van der Waals surface area (Å²) in [5, 5.41) is 3.36. The van der Waals surface area contributed by atoms with Crippen molar-refractivity contribution in [2.75, 3.05) is 0 Å². The summed E-state index contributed by atoms with van der Waals surface area (Å²) in [6, 6.07) is 8.66. The van der Waals surface area contributed by atoms with Crippen molar-refractivity contribution in [1.29, 1.82) is 0 Å². The molecule has 120 valence electrons. The van der Waals surface area contributed by atoms with Gasteiger partial charge in [0.05, 0.1) is 12.6 Å². The van der Waals surface area contributed by atoms with Crippen LogP contribution >= 0.6 is 0 Å². The number of para-hydroxylation sites is 1. The Labute approximate surface area is 133 Å². The van der Waals surface area contributed by atoms with Crippen LogP contribution in [0.1, 0.15) is 56.9 Å². The lowest BCUT2D eigenvalue weighted by Crippen LogP contribution is -2.41. The zero-order valence-electron chi connectivity index (χ0n) is 13.3. The topological polar surface area (TPSA) is 59.6 Å². The second-order valence-electron chi connectivity index (χ2n) is 6.46. The zero-order valence-corrected chi connectivity index (χ0v) is 13.3. The van der Waals surface area contributed by atoms with E-state index in [1.807, 2.05) is 18.2 Å². The number of nitrogens with one attached hydrogen (secondary N) is 1. The molecular formula is C18H27N3O. The van der Waals surface area contributed by atoms with Crippen molar-refractivity contribution in [3.63, 3.8) is 0 Å².